The molecule has 7 nitrogen and oxygen atoms in total. The first kappa shape index (κ1) is 17.7. The number of ether oxygens (including phenoxy) is 1. The zero-order valence-electron chi connectivity index (χ0n) is 13.3. The number of rotatable bonds is 5. The third-order valence-corrected chi connectivity index (χ3v) is 3.01. The SMILES string of the molecule is COc1ccc(-n2ncc(C(=O)NCC(C)C)c2C(F)(F)F)nn1. The van der Waals surface area contributed by atoms with Gasteiger partial charge in [0.05, 0.1) is 18.9 Å². The summed E-state index contributed by atoms with van der Waals surface area (Å²) in [6.07, 6.45) is -3.92. The average Bonchev–Trinajstić information content (AvgIpc) is 2.98. The number of nitrogens with one attached hydrogen (secondary N) is 1. The Bertz CT molecular complexity index is 710. The van der Waals surface area contributed by atoms with Crippen molar-refractivity contribution >= 4 is 5.91 Å². The third-order valence-electron chi connectivity index (χ3n) is 3.01. The molecule has 130 valence electrons. The summed E-state index contributed by atoms with van der Waals surface area (Å²) >= 11 is 0. The van der Waals surface area contributed by atoms with Gasteiger partial charge in [-0.1, -0.05) is 13.8 Å². The molecule has 2 aromatic rings. The summed E-state index contributed by atoms with van der Waals surface area (Å²) in [7, 11) is 1.36. The molecule has 0 saturated carbocycles. The van der Waals surface area contributed by atoms with Crippen molar-refractivity contribution in [2.45, 2.75) is 20.0 Å². The summed E-state index contributed by atoms with van der Waals surface area (Å²) in [6, 6.07) is 2.62. The first-order valence-electron chi connectivity index (χ1n) is 7.05. The van der Waals surface area contributed by atoms with Crippen molar-refractivity contribution in [3.63, 3.8) is 0 Å². The molecule has 0 saturated heterocycles. The first-order chi connectivity index (χ1) is 11.2. The Balaban J connectivity index is 2.44. The summed E-state index contributed by atoms with van der Waals surface area (Å²) in [6.45, 7) is 3.92. The van der Waals surface area contributed by atoms with Crippen LogP contribution in [0.4, 0.5) is 13.2 Å². The van der Waals surface area contributed by atoms with Crippen LogP contribution in [0.15, 0.2) is 18.3 Å². The topological polar surface area (TPSA) is 81.9 Å². The Hall–Kier alpha value is -2.65. The van der Waals surface area contributed by atoms with Gasteiger partial charge in [0.15, 0.2) is 11.5 Å². The molecule has 0 unspecified atom stereocenters. The summed E-state index contributed by atoms with van der Waals surface area (Å²) in [5.74, 6) is -0.769. The van der Waals surface area contributed by atoms with Crippen LogP contribution < -0.4 is 10.1 Å². The standard InChI is InChI=1S/C14H16F3N5O2/c1-8(2)6-18-13(23)9-7-19-22(12(9)14(15,16)17)10-4-5-11(24-3)21-20-10/h4-5,7-8H,6H2,1-3H3,(H,18,23). The molecule has 0 radical (unpaired) electrons. The van der Waals surface area contributed by atoms with Crippen molar-refractivity contribution < 1.29 is 22.7 Å². The number of carbonyl (C=O) groups is 1. The van der Waals surface area contributed by atoms with E-state index in [1.807, 2.05) is 13.8 Å². The van der Waals surface area contributed by atoms with Gasteiger partial charge in [0.25, 0.3) is 5.91 Å². The van der Waals surface area contributed by atoms with Crippen molar-refractivity contribution in [1.82, 2.24) is 25.3 Å². The lowest BCUT2D eigenvalue weighted by Gasteiger charge is -2.12. The maximum absolute atomic E-state index is 13.4. The molecule has 1 N–H and O–H groups in total. The molecule has 1 amide bonds. The van der Waals surface area contributed by atoms with Crippen molar-refractivity contribution in [3.8, 4) is 11.7 Å². The third kappa shape index (κ3) is 3.81. The summed E-state index contributed by atoms with van der Waals surface area (Å²) in [5, 5.41) is 13.3. The minimum Gasteiger partial charge on any atom is -0.480 e. The molecule has 2 aromatic heterocycles. The number of halogens is 3. The fourth-order valence-corrected chi connectivity index (χ4v) is 1.89. The highest BCUT2D eigenvalue weighted by atomic mass is 19.4. The number of hydrogen-bond acceptors (Lipinski definition) is 5. The minimum atomic E-state index is -4.79. The summed E-state index contributed by atoms with van der Waals surface area (Å²) < 4.78 is 45.6. The van der Waals surface area contributed by atoms with Gasteiger partial charge in [-0.05, 0) is 12.0 Å². The molecular weight excluding hydrogens is 327 g/mol. The number of hydrogen-bond donors (Lipinski definition) is 1. The number of carbonyl (C=O) groups excluding carboxylic acids is 1. The molecule has 0 spiro atoms. The van der Waals surface area contributed by atoms with Gasteiger partial charge in [-0.15, -0.1) is 10.2 Å². The highest BCUT2D eigenvalue weighted by Gasteiger charge is 2.40. The van der Waals surface area contributed by atoms with Crippen LogP contribution in [0.1, 0.15) is 29.9 Å². The Morgan fingerprint density at radius 1 is 1.33 bits per heavy atom. The van der Waals surface area contributed by atoms with Gasteiger partial charge in [-0.25, -0.2) is 4.68 Å². The van der Waals surface area contributed by atoms with E-state index < -0.39 is 23.3 Å². The predicted molar refractivity (Wildman–Crippen MR) is 77.9 cm³/mol. The molecule has 0 aliphatic heterocycles. The monoisotopic (exact) mass is 343 g/mol. The highest BCUT2D eigenvalue weighted by molar-refractivity contribution is 5.95. The van der Waals surface area contributed by atoms with Crippen LogP contribution in [0.2, 0.25) is 0 Å². The fourth-order valence-electron chi connectivity index (χ4n) is 1.89. The summed E-state index contributed by atoms with van der Waals surface area (Å²) in [5.41, 5.74) is -1.77. The molecule has 0 fully saturated rings. The van der Waals surface area contributed by atoms with Crippen molar-refractivity contribution in [2.75, 3.05) is 13.7 Å². The van der Waals surface area contributed by atoms with Crippen molar-refractivity contribution in [1.29, 1.82) is 0 Å². The van der Waals surface area contributed by atoms with Gasteiger partial charge in [-0.3, -0.25) is 4.79 Å². The van der Waals surface area contributed by atoms with Gasteiger partial charge in [0, 0.05) is 12.6 Å². The quantitative estimate of drug-likeness (QED) is 0.899. The van der Waals surface area contributed by atoms with Crippen molar-refractivity contribution in [2.24, 2.45) is 5.92 Å². The molecule has 2 heterocycles. The summed E-state index contributed by atoms with van der Waals surface area (Å²) in [4.78, 5) is 12.0. The molecule has 24 heavy (non-hydrogen) atoms. The number of amides is 1. The number of methoxy groups -OCH3 is 1. The van der Waals surface area contributed by atoms with Gasteiger partial charge in [-0.2, -0.15) is 18.3 Å². The molecule has 10 heteroatoms. The van der Waals surface area contributed by atoms with Gasteiger partial charge in [0.1, 0.15) is 0 Å². The molecule has 2 rings (SSSR count). The molecule has 0 aliphatic rings. The molecule has 0 atom stereocenters. The average molecular weight is 343 g/mol. The number of aromatic nitrogens is 4. The van der Waals surface area contributed by atoms with E-state index >= 15 is 0 Å². The maximum Gasteiger partial charge on any atom is 0.434 e. The predicted octanol–water partition coefficient (Wildman–Crippen LogP) is 2.08. The van der Waals surface area contributed by atoms with Crippen LogP contribution in [0.3, 0.4) is 0 Å². The van der Waals surface area contributed by atoms with E-state index in [0.717, 1.165) is 6.20 Å². The normalized spacial score (nSPS) is 11.6. The second-order valence-corrected chi connectivity index (χ2v) is 5.35. The Labute approximate surface area is 135 Å². The zero-order chi connectivity index (χ0) is 17.9. The van der Waals surface area contributed by atoms with E-state index in [-0.39, 0.29) is 24.2 Å². The highest BCUT2D eigenvalue weighted by Crippen LogP contribution is 2.33. The zero-order valence-corrected chi connectivity index (χ0v) is 13.3. The van der Waals surface area contributed by atoms with E-state index in [9.17, 15) is 18.0 Å². The van der Waals surface area contributed by atoms with Crippen molar-refractivity contribution in [3.05, 3.63) is 29.6 Å². The van der Waals surface area contributed by atoms with Crippen LogP contribution in [-0.4, -0.2) is 39.5 Å². The van der Waals surface area contributed by atoms with Crippen LogP contribution in [0.5, 0.6) is 5.88 Å². The lowest BCUT2D eigenvalue weighted by Crippen LogP contribution is -2.29. The minimum absolute atomic E-state index is 0.103. The molecular formula is C14H16F3N5O2. The van der Waals surface area contributed by atoms with Crippen LogP contribution in [-0.2, 0) is 6.18 Å². The van der Waals surface area contributed by atoms with Gasteiger partial charge >= 0.3 is 6.18 Å². The van der Waals surface area contributed by atoms with E-state index in [1.54, 1.807) is 0 Å². The van der Waals surface area contributed by atoms with E-state index in [1.165, 1.54) is 19.2 Å². The largest absolute Gasteiger partial charge is 0.480 e. The van der Waals surface area contributed by atoms with E-state index in [0.29, 0.717) is 4.68 Å². The lowest BCUT2D eigenvalue weighted by atomic mass is 10.2. The molecule has 0 aromatic carbocycles. The number of alkyl halides is 3. The van der Waals surface area contributed by atoms with E-state index in [2.05, 4.69) is 20.6 Å². The maximum atomic E-state index is 13.4. The van der Waals surface area contributed by atoms with E-state index in [4.69, 9.17) is 4.74 Å². The first-order valence-corrected chi connectivity index (χ1v) is 7.05. The Morgan fingerprint density at radius 2 is 2.04 bits per heavy atom. The van der Waals surface area contributed by atoms with Crippen LogP contribution >= 0.6 is 0 Å². The molecule has 0 bridgehead atoms. The Morgan fingerprint density at radius 3 is 2.54 bits per heavy atom. The van der Waals surface area contributed by atoms with Crippen LogP contribution in [0.25, 0.3) is 5.82 Å². The fraction of sp³-hybridized carbons (Fsp3) is 0.429. The second-order valence-electron chi connectivity index (χ2n) is 5.35. The van der Waals surface area contributed by atoms with Gasteiger partial charge < -0.3 is 10.1 Å². The number of nitrogens with zero attached hydrogens (tertiary/aromatic N) is 4. The van der Waals surface area contributed by atoms with Crippen LogP contribution in [0, 0.1) is 5.92 Å². The second kappa shape index (κ2) is 6.85. The molecule has 0 aliphatic carbocycles. The lowest BCUT2D eigenvalue weighted by molar-refractivity contribution is -0.143. The van der Waals surface area contributed by atoms with Gasteiger partial charge in [0.2, 0.25) is 5.88 Å². The Kier molecular flexibility index (Phi) is 5.05. The smallest absolute Gasteiger partial charge is 0.434 e.